The third kappa shape index (κ3) is 2.42. The lowest BCUT2D eigenvalue weighted by Crippen LogP contribution is -2.11. The van der Waals surface area contributed by atoms with E-state index in [-0.39, 0.29) is 5.56 Å². The van der Waals surface area contributed by atoms with Gasteiger partial charge in [0, 0.05) is 16.4 Å². The van der Waals surface area contributed by atoms with Crippen LogP contribution in [-0.2, 0) is 0 Å². The molecular formula is C14H12ClN3OS. The minimum Gasteiger partial charge on any atom is -0.356 e. The van der Waals surface area contributed by atoms with Crippen LogP contribution in [0.3, 0.4) is 0 Å². The van der Waals surface area contributed by atoms with E-state index in [1.165, 1.54) is 11.3 Å². The SMILES string of the molecule is CCNc1nc2cc(-c3ccc(Cl)cc3)sc2c(=O)[nH]1. The first-order valence-corrected chi connectivity index (χ1v) is 7.40. The van der Waals surface area contributed by atoms with Gasteiger partial charge in [-0.2, -0.15) is 0 Å². The summed E-state index contributed by atoms with van der Waals surface area (Å²) in [6.07, 6.45) is 0. The molecule has 2 heterocycles. The van der Waals surface area contributed by atoms with Crippen molar-refractivity contribution in [3.8, 4) is 10.4 Å². The number of rotatable bonds is 3. The highest BCUT2D eigenvalue weighted by Gasteiger charge is 2.10. The van der Waals surface area contributed by atoms with Gasteiger partial charge in [-0.3, -0.25) is 9.78 Å². The fourth-order valence-electron chi connectivity index (χ4n) is 1.95. The fourth-order valence-corrected chi connectivity index (χ4v) is 3.07. The molecular weight excluding hydrogens is 294 g/mol. The minimum absolute atomic E-state index is 0.115. The molecule has 0 radical (unpaired) electrons. The van der Waals surface area contributed by atoms with Gasteiger partial charge in [-0.1, -0.05) is 23.7 Å². The minimum atomic E-state index is -0.115. The third-order valence-electron chi connectivity index (χ3n) is 2.86. The highest BCUT2D eigenvalue weighted by molar-refractivity contribution is 7.22. The third-order valence-corrected chi connectivity index (χ3v) is 4.28. The molecule has 4 nitrogen and oxygen atoms in total. The van der Waals surface area contributed by atoms with E-state index < -0.39 is 0 Å². The summed E-state index contributed by atoms with van der Waals surface area (Å²) in [5.74, 6) is 0.505. The van der Waals surface area contributed by atoms with Crippen LogP contribution >= 0.6 is 22.9 Å². The molecule has 3 rings (SSSR count). The number of H-pyrrole nitrogens is 1. The lowest BCUT2D eigenvalue weighted by molar-refractivity contribution is 1.09. The molecule has 2 aromatic heterocycles. The molecule has 0 saturated carbocycles. The average Bonchev–Trinajstić information content (AvgIpc) is 2.84. The number of fused-ring (bicyclic) bond motifs is 1. The number of hydrogen-bond acceptors (Lipinski definition) is 4. The first kappa shape index (κ1) is 13.1. The number of benzene rings is 1. The molecule has 0 saturated heterocycles. The summed E-state index contributed by atoms with van der Waals surface area (Å²) >= 11 is 7.32. The van der Waals surface area contributed by atoms with E-state index in [0.717, 1.165) is 10.4 Å². The van der Waals surface area contributed by atoms with Gasteiger partial charge in [0.15, 0.2) is 0 Å². The van der Waals surface area contributed by atoms with Crippen molar-refractivity contribution in [2.75, 3.05) is 11.9 Å². The normalized spacial score (nSPS) is 10.9. The van der Waals surface area contributed by atoms with Gasteiger partial charge in [0.05, 0.1) is 5.52 Å². The van der Waals surface area contributed by atoms with Crippen LogP contribution in [0, 0.1) is 0 Å². The average molecular weight is 306 g/mol. The summed E-state index contributed by atoms with van der Waals surface area (Å²) < 4.78 is 0.636. The molecule has 1 aromatic carbocycles. The number of aromatic amines is 1. The van der Waals surface area contributed by atoms with Crippen LogP contribution in [0.1, 0.15) is 6.92 Å². The van der Waals surface area contributed by atoms with E-state index in [9.17, 15) is 4.79 Å². The van der Waals surface area contributed by atoms with Crippen molar-refractivity contribution in [1.29, 1.82) is 0 Å². The number of nitrogens with zero attached hydrogens (tertiary/aromatic N) is 1. The Morgan fingerprint density at radius 3 is 2.80 bits per heavy atom. The number of nitrogens with one attached hydrogen (secondary N) is 2. The van der Waals surface area contributed by atoms with E-state index in [4.69, 9.17) is 11.6 Å². The molecule has 3 aromatic rings. The lowest BCUT2D eigenvalue weighted by Gasteiger charge is -2.00. The standard InChI is InChI=1S/C14H12ClN3OS/c1-2-16-14-17-10-7-11(20-12(10)13(19)18-14)8-3-5-9(15)6-4-8/h3-7H,2H2,1H3,(H2,16,17,18,19). The van der Waals surface area contributed by atoms with Crippen molar-refractivity contribution in [2.45, 2.75) is 6.92 Å². The molecule has 0 bridgehead atoms. The molecule has 20 heavy (non-hydrogen) atoms. The Labute approximate surface area is 124 Å². The number of halogens is 1. The summed E-state index contributed by atoms with van der Waals surface area (Å²) in [7, 11) is 0. The van der Waals surface area contributed by atoms with Crippen molar-refractivity contribution in [3.05, 3.63) is 45.7 Å². The zero-order valence-corrected chi connectivity index (χ0v) is 12.3. The highest BCUT2D eigenvalue weighted by Crippen LogP contribution is 2.31. The number of hydrogen-bond donors (Lipinski definition) is 2. The maximum atomic E-state index is 12.0. The van der Waals surface area contributed by atoms with Crippen molar-refractivity contribution in [1.82, 2.24) is 9.97 Å². The molecule has 0 aliphatic rings. The largest absolute Gasteiger partial charge is 0.356 e. The van der Waals surface area contributed by atoms with Crippen molar-refractivity contribution >= 4 is 39.1 Å². The van der Waals surface area contributed by atoms with Gasteiger partial charge in [0.25, 0.3) is 5.56 Å². The van der Waals surface area contributed by atoms with Gasteiger partial charge in [-0.15, -0.1) is 11.3 Å². The zero-order chi connectivity index (χ0) is 14.1. The lowest BCUT2D eigenvalue weighted by atomic mass is 10.2. The molecule has 0 amide bonds. The van der Waals surface area contributed by atoms with Crippen LogP contribution in [0.15, 0.2) is 35.1 Å². The van der Waals surface area contributed by atoms with Gasteiger partial charge >= 0.3 is 0 Å². The van der Waals surface area contributed by atoms with E-state index in [0.29, 0.717) is 27.7 Å². The van der Waals surface area contributed by atoms with E-state index in [1.807, 2.05) is 37.3 Å². The molecule has 2 N–H and O–H groups in total. The summed E-state index contributed by atoms with van der Waals surface area (Å²) in [6, 6.07) is 9.48. The van der Waals surface area contributed by atoms with E-state index >= 15 is 0 Å². The number of anilines is 1. The van der Waals surface area contributed by atoms with Crippen molar-refractivity contribution in [3.63, 3.8) is 0 Å². The highest BCUT2D eigenvalue weighted by atomic mass is 35.5. The van der Waals surface area contributed by atoms with Gasteiger partial charge in [0.1, 0.15) is 4.70 Å². The molecule has 0 unspecified atom stereocenters. The molecule has 0 atom stereocenters. The van der Waals surface area contributed by atoms with Crippen LogP contribution in [0.5, 0.6) is 0 Å². The number of aromatic nitrogens is 2. The van der Waals surface area contributed by atoms with Crippen LogP contribution in [0.2, 0.25) is 5.02 Å². The number of thiophene rings is 1. The monoisotopic (exact) mass is 305 g/mol. The summed E-state index contributed by atoms with van der Waals surface area (Å²) in [5.41, 5.74) is 1.62. The molecule has 0 aliphatic carbocycles. The summed E-state index contributed by atoms with van der Waals surface area (Å²) in [6.45, 7) is 2.67. The second-order valence-corrected chi connectivity index (χ2v) is 5.77. The summed E-state index contributed by atoms with van der Waals surface area (Å²) in [4.78, 5) is 20.2. The van der Waals surface area contributed by atoms with Crippen LogP contribution in [0.25, 0.3) is 20.7 Å². The molecule has 0 spiro atoms. The van der Waals surface area contributed by atoms with E-state index in [1.54, 1.807) is 0 Å². The Bertz CT molecular complexity index is 807. The van der Waals surface area contributed by atoms with Gasteiger partial charge in [-0.05, 0) is 30.7 Å². The molecule has 6 heteroatoms. The second kappa shape index (κ2) is 5.26. The Hall–Kier alpha value is -1.85. The molecule has 0 aliphatic heterocycles. The Morgan fingerprint density at radius 1 is 1.35 bits per heavy atom. The van der Waals surface area contributed by atoms with Crippen LogP contribution < -0.4 is 10.9 Å². The van der Waals surface area contributed by atoms with Gasteiger partial charge < -0.3 is 5.32 Å². The quantitative estimate of drug-likeness (QED) is 0.775. The predicted octanol–water partition coefficient (Wildman–Crippen LogP) is 3.74. The first-order chi connectivity index (χ1) is 9.67. The van der Waals surface area contributed by atoms with Gasteiger partial charge in [-0.25, -0.2) is 4.98 Å². The summed E-state index contributed by atoms with van der Waals surface area (Å²) in [5, 5.41) is 3.71. The predicted molar refractivity (Wildman–Crippen MR) is 84.9 cm³/mol. The zero-order valence-electron chi connectivity index (χ0n) is 10.7. The Kier molecular flexibility index (Phi) is 3.46. The van der Waals surface area contributed by atoms with Gasteiger partial charge in [0.2, 0.25) is 5.95 Å². The first-order valence-electron chi connectivity index (χ1n) is 6.21. The Morgan fingerprint density at radius 2 is 2.10 bits per heavy atom. The Balaban J connectivity index is 2.12. The van der Waals surface area contributed by atoms with Crippen molar-refractivity contribution in [2.24, 2.45) is 0 Å². The van der Waals surface area contributed by atoms with E-state index in [2.05, 4.69) is 15.3 Å². The second-order valence-electron chi connectivity index (χ2n) is 4.28. The molecule has 102 valence electrons. The maximum absolute atomic E-state index is 12.0. The van der Waals surface area contributed by atoms with Crippen molar-refractivity contribution < 1.29 is 0 Å². The molecule has 0 fully saturated rings. The maximum Gasteiger partial charge on any atom is 0.270 e. The fraction of sp³-hybridized carbons (Fsp3) is 0.143. The van der Waals surface area contributed by atoms with Crippen LogP contribution in [0.4, 0.5) is 5.95 Å². The smallest absolute Gasteiger partial charge is 0.270 e. The van der Waals surface area contributed by atoms with Crippen LogP contribution in [-0.4, -0.2) is 16.5 Å². The topological polar surface area (TPSA) is 57.8 Å².